The molecule has 0 aliphatic heterocycles. The number of amides is 2. The molecular weight excluding hydrogens is 565 g/mol. The van der Waals surface area contributed by atoms with Crippen molar-refractivity contribution in [1.29, 1.82) is 0 Å². The van der Waals surface area contributed by atoms with Crippen LogP contribution in [0.4, 0.5) is 10.1 Å². The summed E-state index contributed by atoms with van der Waals surface area (Å²) in [7, 11) is -3.66. The second-order valence-corrected chi connectivity index (χ2v) is 12.7. The first-order chi connectivity index (χ1) is 19.4. The molecule has 2 amide bonds. The predicted octanol–water partition coefficient (Wildman–Crippen LogP) is 5.50. The molecule has 0 radical (unpaired) electrons. The van der Waals surface area contributed by atoms with Crippen LogP contribution in [0.2, 0.25) is 5.02 Å². The van der Waals surface area contributed by atoms with Crippen molar-refractivity contribution in [3.8, 4) is 0 Å². The monoisotopic (exact) mass is 601 g/mol. The van der Waals surface area contributed by atoms with Crippen LogP contribution in [0.3, 0.4) is 0 Å². The molecule has 0 unspecified atom stereocenters. The molecular formula is C31H37ClFN3O4S. The van der Waals surface area contributed by atoms with Gasteiger partial charge in [0.2, 0.25) is 21.8 Å². The first-order valence-corrected chi connectivity index (χ1v) is 15.7. The largest absolute Gasteiger partial charge is 0.352 e. The molecule has 0 aliphatic carbocycles. The fourth-order valence-corrected chi connectivity index (χ4v) is 5.76. The van der Waals surface area contributed by atoms with E-state index >= 15 is 0 Å². The molecule has 1 atom stereocenters. The highest BCUT2D eigenvalue weighted by Crippen LogP contribution is 2.28. The highest BCUT2D eigenvalue weighted by molar-refractivity contribution is 7.92. The number of nitrogens with zero attached hydrogens (tertiary/aromatic N) is 2. The molecule has 7 nitrogen and oxygen atoms in total. The number of nitrogens with one attached hydrogen (secondary N) is 1. The van der Waals surface area contributed by atoms with Gasteiger partial charge in [-0.15, -0.1) is 0 Å². The van der Waals surface area contributed by atoms with Crippen molar-refractivity contribution >= 4 is 39.1 Å². The van der Waals surface area contributed by atoms with Crippen LogP contribution in [0.5, 0.6) is 0 Å². The van der Waals surface area contributed by atoms with Gasteiger partial charge >= 0.3 is 0 Å². The van der Waals surface area contributed by atoms with Gasteiger partial charge in [0, 0.05) is 37.0 Å². The van der Waals surface area contributed by atoms with E-state index in [1.165, 1.54) is 21.3 Å². The van der Waals surface area contributed by atoms with Crippen LogP contribution >= 0.6 is 11.6 Å². The highest BCUT2D eigenvalue weighted by atomic mass is 35.5. The van der Waals surface area contributed by atoms with Gasteiger partial charge in [0.1, 0.15) is 11.9 Å². The van der Waals surface area contributed by atoms with E-state index in [1.54, 1.807) is 37.3 Å². The van der Waals surface area contributed by atoms with Gasteiger partial charge in [0.25, 0.3) is 0 Å². The minimum absolute atomic E-state index is 0.00687. The normalized spacial score (nSPS) is 12.2. The van der Waals surface area contributed by atoms with E-state index in [0.29, 0.717) is 21.8 Å². The standard InChI is InChI=1S/C31H37ClFN3O4S/c1-22(2)34-31(38)29(20-24-10-6-5-7-11-24)35(21-25-15-17-26(33)18-16-25)30(37)14-9-19-36(41(4,39)40)28-13-8-12-27(32)23(28)3/h5-8,10-13,15-18,22,29H,9,14,19-21H2,1-4H3,(H,34,38)/t29-/m0/s1. The summed E-state index contributed by atoms with van der Waals surface area (Å²) in [4.78, 5) is 28.8. The van der Waals surface area contributed by atoms with Crippen molar-refractivity contribution in [2.24, 2.45) is 0 Å². The Morgan fingerprint density at radius 3 is 2.22 bits per heavy atom. The third-order valence-electron chi connectivity index (χ3n) is 6.63. The number of halogens is 2. The zero-order chi connectivity index (χ0) is 30.2. The summed E-state index contributed by atoms with van der Waals surface area (Å²) in [5.74, 6) is -1.01. The molecule has 1 N–H and O–H groups in total. The zero-order valence-electron chi connectivity index (χ0n) is 23.8. The summed E-state index contributed by atoms with van der Waals surface area (Å²) in [6.07, 6.45) is 1.60. The van der Waals surface area contributed by atoms with Crippen LogP contribution in [0, 0.1) is 12.7 Å². The first-order valence-electron chi connectivity index (χ1n) is 13.5. The van der Waals surface area contributed by atoms with E-state index in [4.69, 9.17) is 11.6 Å². The van der Waals surface area contributed by atoms with Gasteiger partial charge < -0.3 is 10.2 Å². The Kier molecular flexibility index (Phi) is 11.3. The van der Waals surface area contributed by atoms with Crippen LogP contribution in [0.15, 0.2) is 72.8 Å². The fraction of sp³-hybridized carbons (Fsp3) is 0.355. The second-order valence-electron chi connectivity index (χ2n) is 10.3. The summed E-state index contributed by atoms with van der Waals surface area (Å²) in [6.45, 7) is 5.58. The third kappa shape index (κ3) is 9.30. The molecule has 0 saturated heterocycles. The number of sulfonamides is 1. The van der Waals surface area contributed by atoms with Crippen LogP contribution in [0.25, 0.3) is 0 Å². The van der Waals surface area contributed by atoms with Gasteiger partial charge in [-0.05, 0) is 68.1 Å². The molecule has 0 bridgehead atoms. The van der Waals surface area contributed by atoms with Crippen molar-refractivity contribution in [3.63, 3.8) is 0 Å². The molecule has 3 aromatic rings. The van der Waals surface area contributed by atoms with Gasteiger partial charge in [-0.25, -0.2) is 12.8 Å². The molecule has 0 aliphatic rings. The number of rotatable bonds is 13. The molecule has 0 heterocycles. The Morgan fingerprint density at radius 1 is 0.951 bits per heavy atom. The first kappa shape index (κ1) is 32.1. The van der Waals surface area contributed by atoms with E-state index in [0.717, 1.165) is 11.8 Å². The minimum atomic E-state index is -3.66. The van der Waals surface area contributed by atoms with Crippen LogP contribution in [0.1, 0.15) is 43.4 Å². The topological polar surface area (TPSA) is 86.8 Å². The lowest BCUT2D eigenvalue weighted by Gasteiger charge is -2.32. The number of hydrogen-bond donors (Lipinski definition) is 1. The molecule has 3 aromatic carbocycles. The molecule has 3 rings (SSSR count). The number of anilines is 1. The van der Waals surface area contributed by atoms with E-state index in [9.17, 15) is 22.4 Å². The Balaban J connectivity index is 1.89. The highest BCUT2D eigenvalue weighted by Gasteiger charge is 2.31. The van der Waals surface area contributed by atoms with Gasteiger partial charge in [-0.2, -0.15) is 0 Å². The molecule has 0 spiro atoms. The predicted molar refractivity (Wildman–Crippen MR) is 162 cm³/mol. The maximum atomic E-state index is 13.8. The summed E-state index contributed by atoms with van der Waals surface area (Å²) in [5, 5.41) is 3.37. The van der Waals surface area contributed by atoms with Crippen LogP contribution in [-0.2, 0) is 32.6 Å². The minimum Gasteiger partial charge on any atom is -0.352 e. The summed E-state index contributed by atoms with van der Waals surface area (Å²) < 4.78 is 40.2. The van der Waals surface area contributed by atoms with E-state index in [2.05, 4.69) is 5.32 Å². The van der Waals surface area contributed by atoms with E-state index in [-0.39, 0.29) is 50.2 Å². The Morgan fingerprint density at radius 2 is 1.61 bits per heavy atom. The summed E-state index contributed by atoms with van der Waals surface area (Å²) in [5.41, 5.74) is 2.63. The fourth-order valence-electron chi connectivity index (χ4n) is 4.57. The molecule has 41 heavy (non-hydrogen) atoms. The lowest BCUT2D eigenvalue weighted by molar-refractivity contribution is -0.141. The van der Waals surface area contributed by atoms with Crippen LogP contribution < -0.4 is 9.62 Å². The lowest BCUT2D eigenvalue weighted by atomic mass is 10.0. The second kappa shape index (κ2) is 14.5. The molecule has 0 saturated carbocycles. The van der Waals surface area contributed by atoms with Crippen molar-refractivity contribution in [1.82, 2.24) is 10.2 Å². The maximum absolute atomic E-state index is 13.8. The van der Waals surface area contributed by atoms with E-state index < -0.39 is 21.9 Å². The van der Waals surface area contributed by atoms with E-state index in [1.807, 2.05) is 44.2 Å². The van der Waals surface area contributed by atoms with Crippen LogP contribution in [-0.4, -0.2) is 50.0 Å². The Labute approximate surface area is 247 Å². The molecule has 0 fully saturated rings. The number of hydrogen-bond acceptors (Lipinski definition) is 4. The number of carbonyl (C=O) groups excluding carboxylic acids is 2. The SMILES string of the molecule is Cc1c(Cl)cccc1N(CCCC(=O)N(Cc1ccc(F)cc1)[C@@H](Cc1ccccc1)C(=O)NC(C)C)S(C)(=O)=O. The van der Waals surface area contributed by atoms with Crippen molar-refractivity contribution in [3.05, 3.63) is 100 Å². The average Bonchev–Trinajstić information content (AvgIpc) is 2.91. The smallest absolute Gasteiger partial charge is 0.243 e. The summed E-state index contributed by atoms with van der Waals surface area (Å²) >= 11 is 6.24. The van der Waals surface area contributed by atoms with Crippen molar-refractivity contribution < 1.29 is 22.4 Å². The quantitative estimate of drug-likeness (QED) is 0.280. The van der Waals surface area contributed by atoms with Crippen molar-refractivity contribution in [2.75, 3.05) is 17.1 Å². The van der Waals surface area contributed by atoms with Crippen molar-refractivity contribution in [2.45, 2.75) is 58.7 Å². The number of carbonyl (C=O) groups is 2. The molecule has 220 valence electrons. The average molecular weight is 602 g/mol. The molecule has 0 aromatic heterocycles. The molecule has 10 heteroatoms. The van der Waals surface area contributed by atoms with Gasteiger partial charge in [-0.1, -0.05) is 60.1 Å². The number of benzene rings is 3. The summed E-state index contributed by atoms with van der Waals surface area (Å²) in [6, 6.07) is 19.3. The van der Waals surface area contributed by atoms with Gasteiger partial charge in [0.15, 0.2) is 0 Å². The lowest BCUT2D eigenvalue weighted by Crippen LogP contribution is -2.51. The third-order valence-corrected chi connectivity index (χ3v) is 8.22. The zero-order valence-corrected chi connectivity index (χ0v) is 25.4. The maximum Gasteiger partial charge on any atom is 0.243 e. The van der Waals surface area contributed by atoms with Gasteiger partial charge in [0.05, 0.1) is 11.9 Å². The van der Waals surface area contributed by atoms with Gasteiger partial charge in [-0.3, -0.25) is 13.9 Å². The Hall–Kier alpha value is -3.43. The Bertz CT molecular complexity index is 1430.